The van der Waals surface area contributed by atoms with Gasteiger partial charge in [0.2, 0.25) is 5.91 Å². The van der Waals surface area contributed by atoms with Crippen LogP contribution in [0.1, 0.15) is 11.6 Å². The first-order valence-electron chi connectivity index (χ1n) is 7.80. The number of nitrogens with one attached hydrogen (secondary N) is 2. The lowest BCUT2D eigenvalue weighted by Gasteiger charge is -2.13. The number of carbonyl (C=O) groups is 3. The molecular formula is C18H16ClN3O4. The number of ether oxygens (including phenoxy) is 1. The van der Waals surface area contributed by atoms with Crippen molar-refractivity contribution < 1.29 is 19.1 Å². The molecule has 1 aliphatic rings. The molecule has 1 atom stereocenters. The topological polar surface area (TPSA) is 87.7 Å². The van der Waals surface area contributed by atoms with Crippen LogP contribution < -0.4 is 15.4 Å². The van der Waals surface area contributed by atoms with Gasteiger partial charge < -0.3 is 15.4 Å². The monoisotopic (exact) mass is 373 g/mol. The van der Waals surface area contributed by atoms with E-state index in [1.807, 2.05) is 6.07 Å². The van der Waals surface area contributed by atoms with Gasteiger partial charge in [-0.2, -0.15) is 0 Å². The lowest BCUT2D eigenvalue weighted by Crippen LogP contribution is -2.38. The molecule has 1 unspecified atom stereocenters. The van der Waals surface area contributed by atoms with Gasteiger partial charge in [-0.3, -0.25) is 14.5 Å². The van der Waals surface area contributed by atoms with Gasteiger partial charge in [0, 0.05) is 5.69 Å². The zero-order valence-electron chi connectivity index (χ0n) is 13.9. The van der Waals surface area contributed by atoms with Gasteiger partial charge in [-0.25, -0.2) is 4.79 Å². The lowest BCUT2D eigenvalue weighted by atomic mass is 10.1. The van der Waals surface area contributed by atoms with Crippen LogP contribution in [0.3, 0.4) is 0 Å². The van der Waals surface area contributed by atoms with Crippen molar-refractivity contribution in [3.63, 3.8) is 0 Å². The molecule has 8 heteroatoms. The van der Waals surface area contributed by atoms with Crippen LogP contribution in [0.15, 0.2) is 48.5 Å². The molecule has 1 aliphatic heterocycles. The summed E-state index contributed by atoms with van der Waals surface area (Å²) in [6, 6.07) is 12.2. The van der Waals surface area contributed by atoms with Gasteiger partial charge in [0.15, 0.2) is 0 Å². The van der Waals surface area contributed by atoms with Gasteiger partial charge >= 0.3 is 6.03 Å². The second-order valence-corrected chi connectivity index (χ2v) is 6.02. The third-order valence-electron chi connectivity index (χ3n) is 3.90. The number of hydrogen-bond acceptors (Lipinski definition) is 4. The summed E-state index contributed by atoms with van der Waals surface area (Å²) in [7, 11) is 1.49. The Hall–Kier alpha value is -3.06. The Morgan fingerprint density at radius 1 is 1.23 bits per heavy atom. The van der Waals surface area contributed by atoms with Crippen LogP contribution in [-0.4, -0.2) is 36.4 Å². The highest BCUT2D eigenvalue weighted by Gasteiger charge is 2.39. The zero-order chi connectivity index (χ0) is 18.7. The number of hydrogen-bond donors (Lipinski definition) is 2. The molecule has 1 fully saturated rings. The minimum atomic E-state index is -0.785. The lowest BCUT2D eigenvalue weighted by molar-refractivity contribution is -0.130. The Balaban J connectivity index is 1.66. The van der Waals surface area contributed by atoms with E-state index in [9.17, 15) is 14.4 Å². The fraction of sp³-hybridized carbons (Fsp3) is 0.167. The van der Waals surface area contributed by atoms with Crippen LogP contribution >= 0.6 is 11.6 Å². The molecule has 0 saturated carbocycles. The van der Waals surface area contributed by atoms with E-state index in [2.05, 4.69) is 10.6 Å². The number of halogens is 1. The van der Waals surface area contributed by atoms with Crippen molar-refractivity contribution in [2.45, 2.75) is 6.04 Å². The van der Waals surface area contributed by atoms with Crippen molar-refractivity contribution in [3.8, 4) is 5.75 Å². The second kappa shape index (κ2) is 7.45. The molecular weight excluding hydrogens is 358 g/mol. The van der Waals surface area contributed by atoms with Crippen LogP contribution in [-0.2, 0) is 9.59 Å². The van der Waals surface area contributed by atoms with E-state index in [0.29, 0.717) is 22.0 Å². The SMILES string of the molecule is COc1ccc(NC(=O)CN2C(=O)NC(c3ccccc3)C2=O)cc1Cl. The van der Waals surface area contributed by atoms with Crippen LogP contribution in [0.25, 0.3) is 0 Å². The van der Waals surface area contributed by atoms with Gasteiger partial charge in [0.05, 0.1) is 12.1 Å². The average molecular weight is 374 g/mol. The molecule has 2 aromatic rings. The highest BCUT2D eigenvalue weighted by Crippen LogP contribution is 2.27. The summed E-state index contributed by atoms with van der Waals surface area (Å²) in [5, 5.41) is 5.52. The van der Waals surface area contributed by atoms with Crippen molar-refractivity contribution in [3.05, 3.63) is 59.1 Å². The van der Waals surface area contributed by atoms with Crippen molar-refractivity contribution in [1.29, 1.82) is 0 Å². The van der Waals surface area contributed by atoms with E-state index >= 15 is 0 Å². The van der Waals surface area contributed by atoms with Crippen LogP contribution in [0, 0.1) is 0 Å². The zero-order valence-corrected chi connectivity index (χ0v) is 14.6. The summed E-state index contributed by atoms with van der Waals surface area (Å²) in [6.45, 7) is -0.391. The van der Waals surface area contributed by atoms with Gasteiger partial charge in [-0.15, -0.1) is 0 Å². The van der Waals surface area contributed by atoms with Crippen molar-refractivity contribution in [1.82, 2.24) is 10.2 Å². The summed E-state index contributed by atoms with van der Waals surface area (Å²) in [5.41, 5.74) is 1.10. The number of urea groups is 1. The molecule has 1 saturated heterocycles. The molecule has 4 amide bonds. The molecule has 0 spiro atoms. The number of methoxy groups -OCH3 is 1. The highest BCUT2D eigenvalue weighted by atomic mass is 35.5. The van der Waals surface area contributed by atoms with E-state index < -0.39 is 30.4 Å². The molecule has 0 aliphatic carbocycles. The Labute approximate surface area is 154 Å². The Bertz CT molecular complexity index is 857. The minimum absolute atomic E-state index is 0.337. The summed E-state index contributed by atoms with van der Waals surface area (Å²) < 4.78 is 5.04. The van der Waals surface area contributed by atoms with E-state index in [0.717, 1.165) is 4.90 Å². The number of benzene rings is 2. The van der Waals surface area contributed by atoms with Gasteiger partial charge in [-0.05, 0) is 23.8 Å². The number of anilines is 1. The molecule has 134 valence electrons. The van der Waals surface area contributed by atoms with Crippen molar-refractivity contribution >= 4 is 35.1 Å². The second-order valence-electron chi connectivity index (χ2n) is 5.62. The molecule has 26 heavy (non-hydrogen) atoms. The van der Waals surface area contributed by atoms with Crippen molar-refractivity contribution in [2.75, 3.05) is 19.0 Å². The summed E-state index contributed by atoms with van der Waals surface area (Å²) >= 11 is 6.01. The predicted molar refractivity (Wildman–Crippen MR) is 96.1 cm³/mol. The summed E-state index contributed by atoms with van der Waals surface area (Å²) in [6.07, 6.45) is 0. The number of imide groups is 1. The summed E-state index contributed by atoms with van der Waals surface area (Å²) in [5.74, 6) is -0.503. The molecule has 3 rings (SSSR count). The Morgan fingerprint density at radius 2 is 1.96 bits per heavy atom. The van der Waals surface area contributed by atoms with Gasteiger partial charge in [0.25, 0.3) is 5.91 Å². The maximum absolute atomic E-state index is 12.5. The normalized spacial score (nSPS) is 16.4. The van der Waals surface area contributed by atoms with Crippen LogP contribution in [0.4, 0.5) is 10.5 Å². The van der Waals surface area contributed by atoms with Gasteiger partial charge in [-0.1, -0.05) is 41.9 Å². The number of rotatable bonds is 5. The first-order valence-corrected chi connectivity index (χ1v) is 8.17. The number of amides is 4. The average Bonchev–Trinajstić information content (AvgIpc) is 2.91. The molecule has 7 nitrogen and oxygen atoms in total. The van der Waals surface area contributed by atoms with E-state index in [1.54, 1.807) is 36.4 Å². The largest absolute Gasteiger partial charge is 0.495 e. The van der Waals surface area contributed by atoms with E-state index in [1.165, 1.54) is 13.2 Å². The quantitative estimate of drug-likeness (QED) is 0.788. The maximum Gasteiger partial charge on any atom is 0.325 e. The molecule has 1 heterocycles. The molecule has 2 N–H and O–H groups in total. The first kappa shape index (κ1) is 17.8. The fourth-order valence-corrected chi connectivity index (χ4v) is 2.89. The van der Waals surface area contributed by atoms with Gasteiger partial charge in [0.1, 0.15) is 18.3 Å². The number of nitrogens with zero attached hydrogens (tertiary/aromatic N) is 1. The number of carbonyl (C=O) groups excluding carboxylic acids is 3. The molecule has 0 aromatic heterocycles. The van der Waals surface area contributed by atoms with Crippen molar-refractivity contribution in [2.24, 2.45) is 0 Å². The third kappa shape index (κ3) is 3.62. The molecule has 0 radical (unpaired) electrons. The minimum Gasteiger partial charge on any atom is -0.495 e. The first-order chi connectivity index (χ1) is 12.5. The summed E-state index contributed by atoms with van der Waals surface area (Å²) in [4.78, 5) is 37.6. The standard InChI is InChI=1S/C18H16ClN3O4/c1-26-14-8-7-12(9-13(14)19)20-15(23)10-22-17(24)16(21-18(22)25)11-5-3-2-4-6-11/h2-9,16H,10H2,1H3,(H,20,23)(H,21,25). The van der Waals surface area contributed by atoms with Crippen LogP contribution in [0.2, 0.25) is 5.02 Å². The highest BCUT2D eigenvalue weighted by molar-refractivity contribution is 6.32. The Morgan fingerprint density at radius 3 is 2.62 bits per heavy atom. The van der Waals surface area contributed by atoms with E-state index in [-0.39, 0.29) is 0 Å². The molecule has 2 aromatic carbocycles. The fourth-order valence-electron chi connectivity index (χ4n) is 2.63. The molecule has 0 bridgehead atoms. The van der Waals surface area contributed by atoms with Crippen LogP contribution in [0.5, 0.6) is 5.75 Å². The van der Waals surface area contributed by atoms with E-state index in [4.69, 9.17) is 16.3 Å². The third-order valence-corrected chi connectivity index (χ3v) is 4.19. The smallest absolute Gasteiger partial charge is 0.325 e. The maximum atomic E-state index is 12.5. The Kier molecular flexibility index (Phi) is 5.09. The predicted octanol–water partition coefficient (Wildman–Crippen LogP) is 2.58.